The highest BCUT2D eigenvalue weighted by Gasteiger charge is 2.21. The monoisotopic (exact) mass is 358 g/mol. The molecule has 0 bridgehead atoms. The molecule has 0 unspecified atom stereocenters. The minimum atomic E-state index is 0.782. The second-order valence-electron chi connectivity index (χ2n) is 6.12. The predicted molar refractivity (Wildman–Crippen MR) is 103 cm³/mol. The van der Waals surface area contributed by atoms with E-state index in [4.69, 9.17) is 16.6 Å². The van der Waals surface area contributed by atoms with Gasteiger partial charge in [0.25, 0.3) is 0 Å². The molecule has 0 N–H and O–H groups in total. The number of piperazine rings is 1. The SMILES string of the molecule is Cc1nc(N2CCN(c3ccc(Cl)cc3)CC2)c2cc(C)sc2n1. The van der Waals surface area contributed by atoms with Gasteiger partial charge in [-0.3, -0.25) is 0 Å². The van der Waals surface area contributed by atoms with Crippen molar-refractivity contribution in [3.05, 3.63) is 46.1 Å². The lowest BCUT2D eigenvalue weighted by atomic mass is 10.2. The highest BCUT2D eigenvalue weighted by atomic mass is 35.5. The van der Waals surface area contributed by atoms with E-state index in [0.717, 1.165) is 47.7 Å². The van der Waals surface area contributed by atoms with Crippen molar-refractivity contribution in [2.75, 3.05) is 36.0 Å². The Bertz CT molecular complexity index is 867. The summed E-state index contributed by atoms with van der Waals surface area (Å²) in [6.07, 6.45) is 0. The Balaban J connectivity index is 1.57. The molecule has 124 valence electrons. The fourth-order valence-corrected chi connectivity index (χ4v) is 4.25. The van der Waals surface area contributed by atoms with Gasteiger partial charge in [-0.2, -0.15) is 0 Å². The number of nitrogens with zero attached hydrogens (tertiary/aromatic N) is 4. The zero-order valence-electron chi connectivity index (χ0n) is 13.8. The Kier molecular flexibility index (Phi) is 4.06. The molecule has 0 amide bonds. The van der Waals surface area contributed by atoms with Gasteiger partial charge in [-0.05, 0) is 44.2 Å². The van der Waals surface area contributed by atoms with Gasteiger partial charge in [0, 0.05) is 41.8 Å². The number of rotatable bonds is 2. The standard InChI is InChI=1S/C18H19ClN4S/c1-12-11-16-17(20-13(2)21-18(16)24-12)23-9-7-22(8-10-23)15-5-3-14(19)4-6-15/h3-6,11H,7-10H2,1-2H3. The van der Waals surface area contributed by atoms with Crippen LogP contribution >= 0.6 is 22.9 Å². The normalized spacial score (nSPS) is 15.3. The van der Waals surface area contributed by atoms with Crippen molar-refractivity contribution in [1.82, 2.24) is 9.97 Å². The number of thiophene rings is 1. The molecule has 1 aliphatic rings. The average molecular weight is 359 g/mol. The first-order valence-electron chi connectivity index (χ1n) is 8.10. The number of aryl methyl sites for hydroxylation is 2. The smallest absolute Gasteiger partial charge is 0.141 e. The molecule has 1 fully saturated rings. The summed E-state index contributed by atoms with van der Waals surface area (Å²) in [5, 5.41) is 1.96. The van der Waals surface area contributed by atoms with Crippen LogP contribution in [0, 0.1) is 13.8 Å². The molecule has 1 saturated heterocycles. The van der Waals surface area contributed by atoms with Crippen LogP contribution in [0.2, 0.25) is 5.02 Å². The van der Waals surface area contributed by atoms with Gasteiger partial charge in [0.2, 0.25) is 0 Å². The van der Waals surface area contributed by atoms with Gasteiger partial charge in [0.05, 0.1) is 5.39 Å². The van der Waals surface area contributed by atoms with E-state index in [1.165, 1.54) is 16.0 Å². The maximum Gasteiger partial charge on any atom is 0.141 e. The highest BCUT2D eigenvalue weighted by molar-refractivity contribution is 7.18. The summed E-state index contributed by atoms with van der Waals surface area (Å²) in [5.41, 5.74) is 1.23. The summed E-state index contributed by atoms with van der Waals surface area (Å²) in [6.45, 7) is 7.99. The minimum absolute atomic E-state index is 0.782. The van der Waals surface area contributed by atoms with Crippen LogP contribution in [0.4, 0.5) is 11.5 Å². The van der Waals surface area contributed by atoms with Gasteiger partial charge in [0.1, 0.15) is 16.5 Å². The molecule has 0 radical (unpaired) electrons. The van der Waals surface area contributed by atoms with Gasteiger partial charge >= 0.3 is 0 Å². The second-order valence-corrected chi connectivity index (χ2v) is 7.79. The van der Waals surface area contributed by atoms with Gasteiger partial charge in [-0.15, -0.1) is 11.3 Å². The maximum atomic E-state index is 5.99. The predicted octanol–water partition coefficient (Wildman–Crippen LogP) is 4.29. The molecule has 0 atom stereocenters. The van der Waals surface area contributed by atoms with Gasteiger partial charge in [0.15, 0.2) is 0 Å². The van der Waals surface area contributed by atoms with Crippen LogP contribution in [-0.4, -0.2) is 36.1 Å². The molecule has 1 aromatic carbocycles. The Morgan fingerprint density at radius 1 is 0.958 bits per heavy atom. The molecular weight excluding hydrogens is 340 g/mol. The Morgan fingerprint density at radius 3 is 2.33 bits per heavy atom. The van der Waals surface area contributed by atoms with Crippen LogP contribution in [0.15, 0.2) is 30.3 Å². The quantitative estimate of drug-likeness (QED) is 0.684. The van der Waals surface area contributed by atoms with E-state index in [2.05, 4.69) is 39.9 Å². The molecule has 4 rings (SSSR count). The van der Waals surface area contributed by atoms with Gasteiger partial charge in [-0.25, -0.2) is 9.97 Å². The Morgan fingerprint density at radius 2 is 1.62 bits per heavy atom. The number of hydrogen-bond donors (Lipinski definition) is 0. The van der Waals surface area contributed by atoms with Crippen molar-refractivity contribution in [3.63, 3.8) is 0 Å². The molecule has 0 saturated carbocycles. The van der Waals surface area contributed by atoms with Crippen LogP contribution in [0.1, 0.15) is 10.7 Å². The number of anilines is 2. The number of aromatic nitrogens is 2. The molecule has 4 nitrogen and oxygen atoms in total. The number of benzene rings is 1. The third-order valence-electron chi connectivity index (χ3n) is 4.38. The van der Waals surface area contributed by atoms with Crippen LogP contribution < -0.4 is 9.80 Å². The number of halogens is 1. The fourth-order valence-electron chi connectivity index (χ4n) is 3.20. The molecule has 0 spiro atoms. The third kappa shape index (κ3) is 2.94. The average Bonchev–Trinajstić information content (AvgIpc) is 2.95. The molecule has 3 heterocycles. The van der Waals surface area contributed by atoms with Crippen molar-refractivity contribution in [2.24, 2.45) is 0 Å². The largest absolute Gasteiger partial charge is 0.368 e. The van der Waals surface area contributed by atoms with Crippen LogP contribution in [0.25, 0.3) is 10.2 Å². The molecule has 24 heavy (non-hydrogen) atoms. The maximum absolute atomic E-state index is 5.99. The van der Waals surface area contributed by atoms with Crippen LogP contribution in [0.3, 0.4) is 0 Å². The summed E-state index contributed by atoms with van der Waals surface area (Å²) in [5.74, 6) is 1.93. The molecule has 2 aromatic heterocycles. The first-order valence-corrected chi connectivity index (χ1v) is 9.30. The summed E-state index contributed by atoms with van der Waals surface area (Å²) >= 11 is 7.73. The van der Waals surface area contributed by atoms with E-state index in [-0.39, 0.29) is 0 Å². The molecule has 3 aromatic rings. The fraction of sp³-hybridized carbons (Fsp3) is 0.333. The highest BCUT2D eigenvalue weighted by Crippen LogP contribution is 2.31. The number of fused-ring (bicyclic) bond motifs is 1. The summed E-state index contributed by atoms with van der Waals surface area (Å²) in [4.78, 5) is 16.5. The van der Waals surface area contributed by atoms with E-state index < -0.39 is 0 Å². The van der Waals surface area contributed by atoms with Crippen molar-refractivity contribution in [1.29, 1.82) is 0 Å². The van der Waals surface area contributed by atoms with Gasteiger partial charge in [-0.1, -0.05) is 11.6 Å². The van der Waals surface area contributed by atoms with E-state index in [9.17, 15) is 0 Å². The van der Waals surface area contributed by atoms with Gasteiger partial charge < -0.3 is 9.80 Å². The molecule has 6 heteroatoms. The summed E-state index contributed by atoms with van der Waals surface area (Å²) in [7, 11) is 0. The van der Waals surface area contributed by atoms with E-state index >= 15 is 0 Å². The Labute approximate surface area is 150 Å². The van der Waals surface area contributed by atoms with Crippen molar-refractivity contribution in [2.45, 2.75) is 13.8 Å². The molecule has 1 aliphatic heterocycles. The molecule has 0 aliphatic carbocycles. The lowest BCUT2D eigenvalue weighted by Crippen LogP contribution is -2.47. The lowest BCUT2D eigenvalue weighted by Gasteiger charge is -2.37. The summed E-state index contributed by atoms with van der Waals surface area (Å²) in [6, 6.07) is 10.3. The first-order chi connectivity index (χ1) is 11.6. The zero-order valence-corrected chi connectivity index (χ0v) is 15.4. The van der Waals surface area contributed by atoms with E-state index in [1.807, 2.05) is 19.1 Å². The third-order valence-corrected chi connectivity index (χ3v) is 5.57. The Hall–Kier alpha value is -1.85. The van der Waals surface area contributed by atoms with Crippen molar-refractivity contribution < 1.29 is 0 Å². The molecular formula is C18H19ClN4S. The van der Waals surface area contributed by atoms with Crippen LogP contribution in [-0.2, 0) is 0 Å². The van der Waals surface area contributed by atoms with E-state index in [1.54, 1.807) is 11.3 Å². The second kappa shape index (κ2) is 6.22. The van der Waals surface area contributed by atoms with Crippen molar-refractivity contribution >= 4 is 44.7 Å². The van der Waals surface area contributed by atoms with E-state index in [0.29, 0.717) is 0 Å². The topological polar surface area (TPSA) is 32.3 Å². The van der Waals surface area contributed by atoms with Crippen molar-refractivity contribution in [3.8, 4) is 0 Å². The minimum Gasteiger partial charge on any atom is -0.368 e. The summed E-state index contributed by atoms with van der Waals surface area (Å²) < 4.78 is 0. The zero-order chi connectivity index (χ0) is 16.7. The number of hydrogen-bond acceptors (Lipinski definition) is 5. The van der Waals surface area contributed by atoms with Crippen LogP contribution in [0.5, 0.6) is 0 Å². The first kappa shape index (κ1) is 15.7. The lowest BCUT2D eigenvalue weighted by molar-refractivity contribution is 0.648.